The highest BCUT2D eigenvalue weighted by molar-refractivity contribution is 6.07. The van der Waals surface area contributed by atoms with E-state index >= 15 is 0 Å². The molecule has 1 spiro atoms. The van der Waals surface area contributed by atoms with Gasteiger partial charge in [-0.15, -0.1) is 0 Å². The molecule has 2 aliphatic heterocycles. The standard InChI is InChI=1S/C71H47N11O/c1-3-20-49-48(18-1)65-52(23-16-33-62(65)82(68-74-55-26-8-9-27-56(55)75-68)69-76-57-28-10-11-29-58(57)77-69)71(49)50-21-4-12-31-60(50)80(61-32-13-5-22-51(61)71)43-37-35-42(36-38-43)45-19-15-30-59-66(45)79-70(78-59)81(67-72-53-24-6-7-25-54(53)73-67)44-39-40-47-46-17-2-14-34-63(46)83-64(47)41-44/h1-41,68,74-75H,(H,72,73)(H,76,77)(H,78,79). The van der Waals surface area contributed by atoms with Crippen LogP contribution < -0.4 is 25.3 Å². The molecule has 18 rings (SSSR count). The predicted molar refractivity (Wildman–Crippen MR) is 334 cm³/mol. The van der Waals surface area contributed by atoms with Crippen molar-refractivity contribution in [1.82, 2.24) is 29.9 Å². The van der Waals surface area contributed by atoms with E-state index in [0.717, 1.165) is 117 Å². The van der Waals surface area contributed by atoms with Crippen LogP contribution in [-0.2, 0) is 5.41 Å². The fourth-order valence-corrected chi connectivity index (χ4v) is 13.6. The third kappa shape index (κ3) is 6.59. The first-order valence-corrected chi connectivity index (χ1v) is 28.0. The minimum atomic E-state index is -0.674. The molecule has 0 saturated heterocycles. The second-order valence-corrected chi connectivity index (χ2v) is 21.5. The van der Waals surface area contributed by atoms with E-state index in [-0.39, 0.29) is 6.29 Å². The highest BCUT2D eigenvalue weighted by Gasteiger charge is 2.53. The first-order valence-electron chi connectivity index (χ1n) is 28.0. The molecular formula is C71H47N11O. The van der Waals surface area contributed by atoms with Gasteiger partial charge in [0, 0.05) is 33.7 Å². The number of aromatic nitrogens is 6. The Hall–Kier alpha value is -11.4. The molecule has 5 N–H and O–H groups in total. The summed E-state index contributed by atoms with van der Waals surface area (Å²) in [7, 11) is 0. The summed E-state index contributed by atoms with van der Waals surface area (Å²) in [6.07, 6.45) is -0.350. The minimum absolute atomic E-state index is 0.350. The summed E-state index contributed by atoms with van der Waals surface area (Å²) in [6, 6.07) is 88.1. The smallest absolute Gasteiger partial charge is 0.215 e. The monoisotopic (exact) mass is 1070 g/mol. The summed E-state index contributed by atoms with van der Waals surface area (Å²) in [5.41, 5.74) is 22.9. The van der Waals surface area contributed by atoms with Gasteiger partial charge in [0.1, 0.15) is 11.2 Å². The van der Waals surface area contributed by atoms with E-state index in [4.69, 9.17) is 19.4 Å². The lowest BCUT2D eigenvalue weighted by Crippen LogP contribution is -2.41. The third-order valence-corrected chi connectivity index (χ3v) is 17.1. The van der Waals surface area contributed by atoms with Crippen LogP contribution in [0.1, 0.15) is 22.3 Å². The number of benzene rings is 11. The largest absolute Gasteiger partial charge is 0.456 e. The maximum atomic E-state index is 6.41. The second-order valence-electron chi connectivity index (χ2n) is 21.5. The molecule has 0 atom stereocenters. The molecule has 11 aromatic carbocycles. The second kappa shape index (κ2) is 17.3. The Morgan fingerprint density at radius 1 is 0.434 bits per heavy atom. The van der Waals surface area contributed by atoms with E-state index in [2.05, 4.69) is 230 Å². The number of hydrogen-bond acceptors (Lipinski definition) is 9. The van der Waals surface area contributed by atoms with Crippen molar-refractivity contribution < 1.29 is 4.42 Å². The number of para-hydroxylation sites is 10. The number of nitrogens with zero attached hydrogens (tertiary/aromatic N) is 6. The summed E-state index contributed by atoms with van der Waals surface area (Å²) in [5, 5.41) is 9.74. The molecule has 0 radical (unpaired) electrons. The number of nitrogens with one attached hydrogen (secondary N) is 5. The lowest BCUT2D eigenvalue weighted by molar-refractivity contribution is 0.669. The van der Waals surface area contributed by atoms with Crippen molar-refractivity contribution in [2.45, 2.75) is 11.7 Å². The lowest BCUT2D eigenvalue weighted by atomic mass is 9.64. The van der Waals surface area contributed by atoms with Crippen molar-refractivity contribution >= 4 is 113 Å². The Bertz CT molecular complexity index is 4990. The summed E-state index contributed by atoms with van der Waals surface area (Å²) < 4.78 is 6.41. The summed E-state index contributed by atoms with van der Waals surface area (Å²) in [4.78, 5) is 33.5. The summed E-state index contributed by atoms with van der Waals surface area (Å²) in [5.74, 6) is 1.99. The molecular weight excluding hydrogens is 1020 g/mol. The first kappa shape index (κ1) is 45.5. The number of H-pyrrole nitrogens is 3. The number of fused-ring (bicyclic) bond motifs is 16. The number of aromatic amines is 3. The Balaban J connectivity index is 0.755. The van der Waals surface area contributed by atoms with Gasteiger partial charge >= 0.3 is 0 Å². The molecule has 0 saturated carbocycles. The molecule has 0 fully saturated rings. The van der Waals surface area contributed by atoms with Gasteiger partial charge in [0.15, 0.2) is 6.29 Å². The van der Waals surface area contributed by atoms with Gasteiger partial charge in [0.2, 0.25) is 17.8 Å². The molecule has 12 nitrogen and oxygen atoms in total. The minimum Gasteiger partial charge on any atom is -0.456 e. The van der Waals surface area contributed by atoms with Crippen molar-refractivity contribution in [2.24, 2.45) is 0 Å². The van der Waals surface area contributed by atoms with Crippen LogP contribution in [0.15, 0.2) is 253 Å². The molecule has 392 valence electrons. The fraction of sp³-hybridized carbons (Fsp3) is 0.0282. The zero-order valence-electron chi connectivity index (χ0n) is 44.3. The molecule has 83 heavy (non-hydrogen) atoms. The van der Waals surface area contributed by atoms with E-state index in [9.17, 15) is 0 Å². The van der Waals surface area contributed by atoms with Crippen molar-refractivity contribution in [3.63, 3.8) is 0 Å². The van der Waals surface area contributed by atoms with Crippen molar-refractivity contribution in [3.8, 4) is 22.3 Å². The summed E-state index contributed by atoms with van der Waals surface area (Å²) in [6.45, 7) is 0. The number of rotatable bonds is 8. The third-order valence-electron chi connectivity index (χ3n) is 17.1. The molecule has 6 heterocycles. The molecule has 0 bridgehead atoms. The average Bonchev–Trinajstić information content (AvgIpc) is 2.14. The lowest BCUT2D eigenvalue weighted by Gasteiger charge is -2.45. The molecule has 0 unspecified atom stereocenters. The van der Waals surface area contributed by atoms with Crippen molar-refractivity contribution in [3.05, 3.63) is 271 Å². The molecule has 12 heteroatoms. The van der Waals surface area contributed by atoms with Crippen molar-refractivity contribution in [1.29, 1.82) is 0 Å². The maximum absolute atomic E-state index is 6.41. The SMILES string of the molecule is c1ccc2c(c1)NC(N(c1nc3ccccc3[nH]1)c1cccc3c1-c1ccccc1C31c3ccccc3N(c3ccc(-c4cccc5nc(N(c6ccc7c(c6)oc6ccccc67)c6nc7ccccc7[nH]6)[nH]c45)cc3)c3ccccc31)N2. The van der Waals surface area contributed by atoms with Gasteiger partial charge in [0.25, 0.3) is 0 Å². The van der Waals surface area contributed by atoms with E-state index in [1.165, 1.54) is 27.8 Å². The zero-order valence-corrected chi connectivity index (χ0v) is 44.3. The number of furan rings is 1. The van der Waals surface area contributed by atoms with Gasteiger partial charge in [-0.25, -0.2) is 19.9 Å². The molecule has 1 aliphatic carbocycles. The van der Waals surface area contributed by atoms with Gasteiger partial charge < -0.3 is 34.9 Å². The van der Waals surface area contributed by atoms with E-state index < -0.39 is 5.41 Å². The molecule has 0 amide bonds. The Morgan fingerprint density at radius 2 is 1.00 bits per heavy atom. The molecule has 3 aliphatic rings. The number of anilines is 10. The maximum Gasteiger partial charge on any atom is 0.215 e. The fourth-order valence-electron chi connectivity index (χ4n) is 13.6. The van der Waals surface area contributed by atoms with Crippen LogP contribution in [-0.4, -0.2) is 36.2 Å². The first-order chi connectivity index (χ1) is 41.1. The highest BCUT2D eigenvalue weighted by atomic mass is 16.3. The topological polar surface area (TPSA) is 133 Å². The van der Waals surface area contributed by atoms with Gasteiger partial charge in [-0.1, -0.05) is 152 Å². The van der Waals surface area contributed by atoms with Crippen LogP contribution in [0.5, 0.6) is 0 Å². The zero-order chi connectivity index (χ0) is 54.3. The van der Waals surface area contributed by atoms with Gasteiger partial charge in [-0.3, -0.25) is 4.90 Å². The summed E-state index contributed by atoms with van der Waals surface area (Å²) >= 11 is 0. The van der Waals surface area contributed by atoms with Gasteiger partial charge in [0.05, 0.1) is 72.6 Å². The average molecular weight is 1070 g/mol. The molecule has 15 aromatic rings. The Kier molecular flexibility index (Phi) is 9.49. The quantitative estimate of drug-likeness (QED) is 0.101. The van der Waals surface area contributed by atoms with Gasteiger partial charge in [-0.05, 0) is 124 Å². The predicted octanol–water partition coefficient (Wildman–Crippen LogP) is 17.5. The number of imidazole rings is 3. The van der Waals surface area contributed by atoms with Crippen LogP contribution >= 0.6 is 0 Å². The van der Waals surface area contributed by atoms with Crippen LogP contribution in [0.4, 0.5) is 57.7 Å². The van der Waals surface area contributed by atoms with Crippen molar-refractivity contribution in [2.75, 3.05) is 25.3 Å². The van der Waals surface area contributed by atoms with E-state index in [1.807, 2.05) is 59.5 Å². The number of hydrogen-bond donors (Lipinski definition) is 5. The van der Waals surface area contributed by atoms with Crippen LogP contribution in [0.25, 0.3) is 77.3 Å². The van der Waals surface area contributed by atoms with E-state index in [1.54, 1.807) is 0 Å². The highest BCUT2D eigenvalue weighted by Crippen LogP contribution is 2.65. The van der Waals surface area contributed by atoms with E-state index in [0.29, 0.717) is 11.9 Å². The Morgan fingerprint density at radius 3 is 1.76 bits per heavy atom. The van der Waals surface area contributed by atoms with Crippen LogP contribution in [0.2, 0.25) is 0 Å². The van der Waals surface area contributed by atoms with Gasteiger partial charge in [-0.2, -0.15) is 0 Å². The normalized spacial score (nSPS) is 13.8. The molecule has 4 aromatic heterocycles. The Labute approximate surface area is 475 Å². The van der Waals surface area contributed by atoms with Crippen LogP contribution in [0, 0.1) is 0 Å². The van der Waals surface area contributed by atoms with Crippen LogP contribution in [0.3, 0.4) is 0 Å².